The molecule has 0 amide bonds. The molecule has 0 atom stereocenters. The molecule has 0 fully saturated rings. The lowest BCUT2D eigenvalue weighted by Crippen LogP contribution is -2.10. The standard InChI is InChI=1S/C14H18N2S2/c1-3-15-8-12-9-16-14(18-12)10-17-13-7-5-4-6-11(13)2/h4-7,9,15H,3,8,10H2,1-2H3. The number of rotatable bonds is 6. The number of aryl methyl sites for hydroxylation is 1. The van der Waals surface area contributed by atoms with Crippen LogP contribution in [0.2, 0.25) is 0 Å². The third kappa shape index (κ3) is 3.83. The van der Waals surface area contributed by atoms with Gasteiger partial charge in [-0.3, -0.25) is 0 Å². The van der Waals surface area contributed by atoms with Crippen molar-refractivity contribution in [1.29, 1.82) is 0 Å². The second-order valence-electron chi connectivity index (χ2n) is 4.05. The van der Waals surface area contributed by atoms with Gasteiger partial charge < -0.3 is 5.32 Å². The Labute approximate surface area is 117 Å². The van der Waals surface area contributed by atoms with Gasteiger partial charge in [0.15, 0.2) is 0 Å². The second kappa shape index (κ2) is 6.92. The van der Waals surface area contributed by atoms with Gasteiger partial charge >= 0.3 is 0 Å². The highest BCUT2D eigenvalue weighted by molar-refractivity contribution is 7.98. The van der Waals surface area contributed by atoms with Crippen LogP contribution in [0, 0.1) is 6.92 Å². The predicted molar refractivity (Wildman–Crippen MR) is 80.2 cm³/mol. The SMILES string of the molecule is CCNCc1cnc(CSc2ccccc2C)s1. The third-order valence-electron chi connectivity index (χ3n) is 2.60. The zero-order valence-corrected chi connectivity index (χ0v) is 12.4. The summed E-state index contributed by atoms with van der Waals surface area (Å²) in [5.74, 6) is 0.960. The highest BCUT2D eigenvalue weighted by Crippen LogP contribution is 2.27. The first-order valence-electron chi connectivity index (χ1n) is 6.12. The van der Waals surface area contributed by atoms with Crippen LogP contribution in [0.5, 0.6) is 0 Å². The van der Waals surface area contributed by atoms with E-state index in [-0.39, 0.29) is 0 Å². The number of nitrogens with one attached hydrogen (secondary N) is 1. The zero-order valence-electron chi connectivity index (χ0n) is 10.8. The number of thiazole rings is 1. The van der Waals surface area contributed by atoms with E-state index in [0.717, 1.165) is 18.8 Å². The minimum absolute atomic E-state index is 0.934. The summed E-state index contributed by atoms with van der Waals surface area (Å²) in [6, 6.07) is 8.50. The van der Waals surface area contributed by atoms with Gasteiger partial charge in [-0.1, -0.05) is 25.1 Å². The lowest BCUT2D eigenvalue weighted by molar-refractivity contribution is 0.734. The molecule has 1 N–H and O–H groups in total. The molecule has 18 heavy (non-hydrogen) atoms. The van der Waals surface area contributed by atoms with Crippen LogP contribution in [0.4, 0.5) is 0 Å². The fraction of sp³-hybridized carbons (Fsp3) is 0.357. The van der Waals surface area contributed by atoms with Crippen LogP contribution in [0.15, 0.2) is 35.4 Å². The van der Waals surface area contributed by atoms with E-state index in [9.17, 15) is 0 Å². The summed E-state index contributed by atoms with van der Waals surface area (Å²) in [4.78, 5) is 7.14. The first-order valence-corrected chi connectivity index (χ1v) is 7.92. The molecule has 0 radical (unpaired) electrons. The minimum atomic E-state index is 0.934. The van der Waals surface area contributed by atoms with Crippen LogP contribution in [-0.2, 0) is 12.3 Å². The Bertz CT molecular complexity index is 494. The van der Waals surface area contributed by atoms with Gasteiger partial charge in [0, 0.05) is 22.5 Å². The van der Waals surface area contributed by atoms with Crippen molar-refractivity contribution in [2.45, 2.75) is 31.0 Å². The van der Waals surface area contributed by atoms with Gasteiger partial charge in [-0.25, -0.2) is 4.98 Å². The van der Waals surface area contributed by atoms with Crippen molar-refractivity contribution in [3.05, 3.63) is 45.9 Å². The van der Waals surface area contributed by atoms with Crippen molar-refractivity contribution in [1.82, 2.24) is 10.3 Å². The largest absolute Gasteiger partial charge is 0.312 e. The lowest BCUT2D eigenvalue weighted by Gasteiger charge is -2.02. The molecule has 2 aromatic rings. The van der Waals surface area contributed by atoms with Crippen molar-refractivity contribution >= 4 is 23.1 Å². The molecule has 0 aliphatic heterocycles. The molecule has 96 valence electrons. The fourth-order valence-corrected chi connectivity index (χ4v) is 3.53. The molecule has 0 aliphatic carbocycles. The number of aromatic nitrogens is 1. The zero-order chi connectivity index (χ0) is 12.8. The van der Waals surface area contributed by atoms with Gasteiger partial charge in [0.05, 0.1) is 5.75 Å². The molecule has 1 heterocycles. The van der Waals surface area contributed by atoms with Crippen LogP contribution in [0.1, 0.15) is 22.4 Å². The smallest absolute Gasteiger partial charge is 0.103 e. The molecule has 2 nitrogen and oxygen atoms in total. The average molecular weight is 278 g/mol. The second-order valence-corrected chi connectivity index (χ2v) is 6.27. The molecule has 2 rings (SSSR count). The van der Waals surface area contributed by atoms with Crippen molar-refractivity contribution < 1.29 is 0 Å². The summed E-state index contributed by atoms with van der Waals surface area (Å²) in [6.07, 6.45) is 1.99. The number of thioether (sulfide) groups is 1. The molecule has 0 aliphatic rings. The fourth-order valence-electron chi connectivity index (χ4n) is 1.60. The Morgan fingerprint density at radius 1 is 1.33 bits per heavy atom. The summed E-state index contributed by atoms with van der Waals surface area (Å²) in [6.45, 7) is 6.21. The molecule has 1 aromatic heterocycles. The van der Waals surface area contributed by atoms with Crippen LogP contribution < -0.4 is 5.32 Å². The monoisotopic (exact) mass is 278 g/mol. The summed E-state index contributed by atoms with van der Waals surface area (Å²) >= 11 is 3.67. The van der Waals surface area contributed by atoms with Gasteiger partial charge in [-0.15, -0.1) is 23.1 Å². The highest BCUT2D eigenvalue weighted by atomic mass is 32.2. The maximum Gasteiger partial charge on any atom is 0.103 e. The number of hydrogen-bond donors (Lipinski definition) is 1. The van der Waals surface area contributed by atoms with E-state index in [0.29, 0.717) is 0 Å². The molecular weight excluding hydrogens is 260 g/mol. The molecule has 0 bridgehead atoms. The number of nitrogens with zero attached hydrogens (tertiary/aromatic N) is 1. The van der Waals surface area contributed by atoms with Crippen LogP contribution in [-0.4, -0.2) is 11.5 Å². The van der Waals surface area contributed by atoms with E-state index >= 15 is 0 Å². The molecule has 0 spiro atoms. The maximum absolute atomic E-state index is 4.47. The first-order chi connectivity index (χ1) is 8.79. The Hall–Kier alpha value is -0.840. The summed E-state index contributed by atoms with van der Waals surface area (Å²) in [5.41, 5.74) is 1.34. The van der Waals surface area contributed by atoms with Gasteiger partial charge in [-0.2, -0.15) is 0 Å². The van der Waals surface area contributed by atoms with Gasteiger partial charge in [0.1, 0.15) is 5.01 Å². The Morgan fingerprint density at radius 2 is 2.17 bits per heavy atom. The van der Waals surface area contributed by atoms with Crippen molar-refractivity contribution in [2.75, 3.05) is 6.54 Å². The van der Waals surface area contributed by atoms with E-state index in [2.05, 4.69) is 48.4 Å². The van der Waals surface area contributed by atoms with Crippen LogP contribution in [0.3, 0.4) is 0 Å². The van der Waals surface area contributed by atoms with E-state index < -0.39 is 0 Å². The lowest BCUT2D eigenvalue weighted by atomic mass is 10.2. The molecular formula is C14H18N2S2. The van der Waals surface area contributed by atoms with Crippen molar-refractivity contribution in [3.63, 3.8) is 0 Å². The van der Waals surface area contributed by atoms with Gasteiger partial charge in [-0.05, 0) is 25.1 Å². The van der Waals surface area contributed by atoms with E-state index in [4.69, 9.17) is 0 Å². The predicted octanol–water partition coefficient (Wildman–Crippen LogP) is 3.85. The van der Waals surface area contributed by atoms with E-state index in [1.807, 2.05) is 18.0 Å². The number of benzene rings is 1. The summed E-state index contributed by atoms with van der Waals surface area (Å²) in [5, 5.41) is 4.53. The third-order valence-corrected chi connectivity index (χ3v) is 4.96. The maximum atomic E-state index is 4.47. The summed E-state index contributed by atoms with van der Waals surface area (Å²) < 4.78 is 0. The average Bonchev–Trinajstić information content (AvgIpc) is 2.83. The van der Waals surface area contributed by atoms with Crippen molar-refractivity contribution in [2.24, 2.45) is 0 Å². The normalized spacial score (nSPS) is 10.8. The topological polar surface area (TPSA) is 24.9 Å². The Balaban J connectivity index is 1.90. The Kier molecular flexibility index (Phi) is 5.23. The molecule has 1 aromatic carbocycles. The van der Waals surface area contributed by atoms with Crippen LogP contribution in [0.25, 0.3) is 0 Å². The van der Waals surface area contributed by atoms with Crippen LogP contribution >= 0.6 is 23.1 Å². The first kappa shape index (κ1) is 13.6. The quantitative estimate of drug-likeness (QED) is 0.812. The number of hydrogen-bond acceptors (Lipinski definition) is 4. The summed E-state index contributed by atoms with van der Waals surface area (Å²) in [7, 11) is 0. The van der Waals surface area contributed by atoms with Crippen molar-refractivity contribution in [3.8, 4) is 0 Å². The molecule has 4 heteroatoms. The van der Waals surface area contributed by atoms with E-state index in [1.165, 1.54) is 20.3 Å². The molecule has 0 unspecified atom stereocenters. The Morgan fingerprint density at radius 3 is 2.94 bits per heavy atom. The highest BCUT2D eigenvalue weighted by Gasteiger charge is 2.04. The minimum Gasteiger partial charge on any atom is -0.312 e. The molecule has 0 saturated heterocycles. The molecule has 0 saturated carbocycles. The van der Waals surface area contributed by atoms with E-state index in [1.54, 1.807) is 11.3 Å². The van der Waals surface area contributed by atoms with Gasteiger partial charge in [0.2, 0.25) is 0 Å². The van der Waals surface area contributed by atoms with Gasteiger partial charge in [0.25, 0.3) is 0 Å².